The quantitative estimate of drug-likeness (QED) is 0.828. The predicted molar refractivity (Wildman–Crippen MR) is 76.6 cm³/mol. The Hall–Kier alpha value is -1.19. The second-order valence-electron chi connectivity index (χ2n) is 5.32. The van der Waals surface area contributed by atoms with Crippen molar-refractivity contribution in [3.05, 3.63) is 34.9 Å². The van der Waals surface area contributed by atoms with Crippen molar-refractivity contribution >= 4 is 5.78 Å². The van der Waals surface area contributed by atoms with Gasteiger partial charge in [0, 0.05) is 11.6 Å². The lowest BCUT2D eigenvalue weighted by molar-refractivity contribution is 0.0891. The average Bonchev–Trinajstić information content (AvgIpc) is 2.87. The number of carbonyl (C=O) groups is 1. The number of nitrogens with one attached hydrogen (secondary N) is 1. The molecule has 1 N–H and O–H groups in total. The molecule has 1 saturated heterocycles. The third-order valence-electron chi connectivity index (χ3n) is 3.94. The number of benzene rings is 1. The number of rotatable bonds is 5. The van der Waals surface area contributed by atoms with Crippen LogP contribution in [0.1, 0.15) is 34.8 Å². The molecule has 0 saturated carbocycles. The van der Waals surface area contributed by atoms with Gasteiger partial charge in [0.2, 0.25) is 0 Å². The maximum atomic E-state index is 12.7. The standard InChI is InChI=1S/C16H23NO2/c1-4-8-17-15-10-19-9-14(15)16(18)13-7-5-6-11(2)12(13)3/h5-7,14-15,17H,4,8-10H2,1-3H3. The van der Waals surface area contributed by atoms with Crippen LogP contribution in [0.4, 0.5) is 0 Å². The summed E-state index contributed by atoms with van der Waals surface area (Å²) in [6, 6.07) is 6.09. The van der Waals surface area contributed by atoms with Gasteiger partial charge in [0.05, 0.1) is 19.1 Å². The molecule has 1 aromatic carbocycles. The SMILES string of the molecule is CCCNC1COCC1C(=O)c1cccc(C)c1C. The summed E-state index contributed by atoms with van der Waals surface area (Å²) >= 11 is 0. The molecule has 0 spiro atoms. The molecule has 104 valence electrons. The van der Waals surface area contributed by atoms with Gasteiger partial charge < -0.3 is 10.1 Å². The highest BCUT2D eigenvalue weighted by molar-refractivity contribution is 6.00. The molecule has 2 atom stereocenters. The summed E-state index contributed by atoms with van der Waals surface area (Å²) in [6.45, 7) is 8.31. The number of ether oxygens (including phenoxy) is 1. The van der Waals surface area contributed by atoms with Crippen LogP contribution in [-0.2, 0) is 4.74 Å². The Labute approximate surface area is 115 Å². The highest BCUT2D eigenvalue weighted by Gasteiger charge is 2.34. The van der Waals surface area contributed by atoms with E-state index in [0.717, 1.165) is 24.1 Å². The zero-order valence-corrected chi connectivity index (χ0v) is 12.0. The summed E-state index contributed by atoms with van der Waals surface area (Å²) in [7, 11) is 0. The lowest BCUT2D eigenvalue weighted by Crippen LogP contribution is -2.39. The molecule has 1 fully saturated rings. The third kappa shape index (κ3) is 3.04. The second-order valence-corrected chi connectivity index (χ2v) is 5.32. The Kier molecular flexibility index (Phi) is 4.72. The van der Waals surface area contributed by atoms with E-state index in [1.165, 1.54) is 5.56 Å². The van der Waals surface area contributed by atoms with E-state index in [9.17, 15) is 4.79 Å². The van der Waals surface area contributed by atoms with Crippen LogP contribution in [0, 0.1) is 19.8 Å². The van der Waals surface area contributed by atoms with Gasteiger partial charge in [-0.3, -0.25) is 4.79 Å². The summed E-state index contributed by atoms with van der Waals surface area (Å²) in [5, 5.41) is 3.42. The maximum absolute atomic E-state index is 12.7. The van der Waals surface area contributed by atoms with Crippen molar-refractivity contribution in [2.75, 3.05) is 19.8 Å². The average molecular weight is 261 g/mol. The highest BCUT2D eigenvalue weighted by atomic mass is 16.5. The van der Waals surface area contributed by atoms with Crippen LogP contribution < -0.4 is 5.32 Å². The molecule has 2 unspecified atom stereocenters. The Balaban J connectivity index is 2.16. The Morgan fingerprint density at radius 3 is 2.89 bits per heavy atom. The second kappa shape index (κ2) is 6.31. The molecule has 1 aromatic rings. The number of ketones is 1. The van der Waals surface area contributed by atoms with Gasteiger partial charge in [-0.25, -0.2) is 0 Å². The molecule has 3 heteroatoms. The summed E-state index contributed by atoms with van der Waals surface area (Å²) in [5.74, 6) is 0.166. The van der Waals surface area contributed by atoms with Gasteiger partial charge in [-0.15, -0.1) is 0 Å². The van der Waals surface area contributed by atoms with Gasteiger partial charge in [-0.05, 0) is 37.9 Å². The van der Waals surface area contributed by atoms with Crippen molar-refractivity contribution in [3.8, 4) is 0 Å². The van der Waals surface area contributed by atoms with Crippen LogP contribution in [-0.4, -0.2) is 31.6 Å². The summed E-state index contributed by atoms with van der Waals surface area (Å²) in [4.78, 5) is 12.7. The minimum absolute atomic E-state index is 0.0490. The summed E-state index contributed by atoms with van der Waals surface area (Å²) < 4.78 is 5.50. The van der Waals surface area contributed by atoms with E-state index >= 15 is 0 Å². The molecule has 1 aliphatic rings. The molecular weight excluding hydrogens is 238 g/mol. The molecule has 0 bridgehead atoms. The van der Waals surface area contributed by atoms with Crippen molar-refractivity contribution in [1.82, 2.24) is 5.32 Å². The van der Waals surface area contributed by atoms with E-state index in [1.54, 1.807) is 0 Å². The highest BCUT2D eigenvalue weighted by Crippen LogP contribution is 2.22. The lowest BCUT2D eigenvalue weighted by Gasteiger charge is -2.19. The van der Waals surface area contributed by atoms with E-state index in [4.69, 9.17) is 4.74 Å². The van der Waals surface area contributed by atoms with Gasteiger partial charge in [0.25, 0.3) is 0 Å². The number of carbonyl (C=O) groups excluding carboxylic acids is 1. The first-order valence-corrected chi connectivity index (χ1v) is 7.06. The Morgan fingerprint density at radius 1 is 1.37 bits per heavy atom. The van der Waals surface area contributed by atoms with Gasteiger partial charge in [-0.1, -0.05) is 25.1 Å². The van der Waals surface area contributed by atoms with Crippen molar-refractivity contribution < 1.29 is 9.53 Å². The molecule has 1 heterocycles. The monoisotopic (exact) mass is 261 g/mol. The van der Waals surface area contributed by atoms with E-state index in [2.05, 4.69) is 12.2 Å². The first-order chi connectivity index (χ1) is 9.15. The van der Waals surface area contributed by atoms with E-state index < -0.39 is 0 Å². The minimum atomic E-state index is -0.0490. The fraction of sp³-hybridized carbons (Fsp3) is 0.562. The molecule has 0 radical (unpaired) electrons. The van der Waals surface area contributed by atoms with E-state index in [0.29, 0.717) is 13.2 Å². The minimum Gasteiger partial charge on any atom is -0.379 e. The van der Waals surface area contributed by atoms with Crippen LogP contribution in [0.25, 0.3) is 0 Å². The van der Waals surface area contributed by atoms with E-state index in [-0.39, 0.29) is 17.7 Å². The smallest absolute Gasteiger partial charge is 0.170 e. The lowest BCUT2D eigenvalue weighted by atomic mass is 9.89. The van der Waals surface area contributed by atoms with Crippen LogP contribution in [0.15, 0.2) is 18.2 Å². The molecule has 19 heavy (non-hydrogen) atoms. The summed E-state index contributed by atoms with van der Waals surface area (Å²) in [5.41, 5.74) is 3.11. The number of hydrogen-bond donors (Lipinski definition) is 1. The zero-order chi connectivity index (χ0) is 13.8. The first-order valence-electron chi connectivity index (χ1n) is 7.06. The van der Waals surface area contributed by atoms with Crippen LogP contribution in [0.5, 0.6) is 0 Å². The van der Waals surface area contributed by atoms with Crippen molar-refractivity contribution in [1.29, 1.82) is 0 Å². The Morgan fingerprint density at radius 2 is 2.16 bits per heavy atom. The third-order valence-corrected chi connectivity index (χ3v) is 3.94. The largest absolute Gasteiger partial charge is 0.379 e. The molecule has 0 aliphatic carbocycles. The maximum Gasteiger partial charge on any atom is 0.170 e. The number of aryl methyl sites for hydroxylation is 1. The fourth-order valence-electron chi connectivity index (χ4n) is 2.56. The Bertz CT molecular complexity index is 456. The van der Waals surface area contributed by atoms with Gasteiger partial charge in [0.1, 0.15) is 0 Å². The van der Waals surface area contributed by atoms with Gasteiger partial charge in [-0.2, -0.15) is 0 Å². The van der Waals surface area contributed by atoms with E-state index in [1.807, 2.05) is 32.0 Å². The number of hydrogen-bond acceptors (Lipinski definition) is 3. The molecule has 1 aliphatic heterocycles. The predicted octanol–water partition coefficient (Wildman–Crippen LogP) is 2.50. The molecule has 0 amide bonds. The first kappa shape index (κ1) is 14.2. The van der Waals surface area contributed by atoms with Crippen LogP contribution in [0.2, 0.25) is 0 Å². The van der Waals surface area contributed by atoms with Crippen LogP contribution >= 0.6 is 0 Å². The fourth-order valence-corrected chi connectivity index (χ4v) is 2.56. The normalized spacial score (nSPS) is 22.7. The zero-order valence-electron chi connectivity index (χ0n) is 12.0. The van der Waals surface area contributed by atoms with Gasteiger partial charge >= 0.3 is 0 Å². The molecule has 0 aromatic heterocycles. The van der Waals surface area contributed by atoms with Gasteiger partial charge in [0.15, 0.2) is 5.78 Å². The summed E-state index contributed by atoms with van der Waals surface area (Å²) in [6.07, 6.45) is 1.07. The van der Waals surface area contributed by atoms with Crippen molar-refractivity contribution in [3.63, 3.8) is 0 Å². The molecular formula is C16H23NO2. The van der Waals surface area contributed by atoms with Crippen LogP contribution in [0.3, 0.4) is 0 Å². The topological polar surface area (TPSA) is 38.3 Å². The number of Topliss-reactive ketones (excluding diaryl/α,β-unsaturated/α-hetero) is 1. The molecule has 3 nitrogen and oxygen atoms in total. The van der Waals surface area contributed by atoms with Crippen molar-refractivity contribution in [2.24, 2.45) is 5.92 Å². The van der Waals surface area contributed by atoms with Crippen molar-refractivity contribution in [2.45, 2.75) is 33.2 Å². The molecule has 2 rings (SSSR count).